The van der Waals surface area contributed by atoms with Crippen LogP contribution in [-0.2, 0) is 6.18 Å². The van der Waals surface area contributed by atoms with Gasteiger partial charge in [0.25, 0.3) is 0 Å². The first kappa shape index (κ1) is 8.46. The fourth-order valence-corrected chi connectivity index (χ4v) is 0.576. The Morgan fingerprint density at radius 3 is 2.58 bits per heavy atom. The molecule has 0 N–H and O–H groups in total. The highest BCUT2D eigenvalue weighted by molar-refractivity contribution is 5.24. The molecule has 62 valence electrons. The zero-order chi connectivity index (χ0) is 9.19. The lowest BCUT2D eigenvalue weighted by Gasteiger charge is -2.03. The van der Waals surface area contributed by atoms with Crippen LogP contribution in [0, 0.1) is 11.3 Å². The third-order valence-electron chi connectivity index (χ3n) is 1.10. The zero-order valence-electron chi connectivity index (χ0n) is 5.63. The van der Waals surface area contributed by atoms with E-state index in [0.29, 0.717) is 12.3 Å². The van der Waals surface area contributed by atoms with E-state index in [9.17, 15) is 13.2 Å². The van der Waals surface area contributed by atoms with E-state index < -0.39 is 11.7 Å². The second-order valence-electron chi connectivity index (χ2n) is 1.94. The maximum Gasteiger partial charge on any atom is 0.418 e. The Kier molecular flexibility index (Phi) is 1.95. The van der Waals surface area contributed by atoms with E-state index in [1.54, 1.807) is 0 Å². The Morgan fingerprint density at radius 1 is 1.42 bits per heavy atom. The van der Waals surface area contributed by atoms with Gasteiger partial charge < -0.3 is 0 Å². The third-order valence-corrected chi connectivity index (χ3v) is 1.10. The number of aromatic nitrogens is 2. The van der Waals surface area contributed by atoms with E-state index in [2.05, 4.69) is 10.2 Å². The number of alkyl halides is 3. The van der Waals surface area contributed by atoms with Gasteiger partial charge in [-0.3, -0.25) is 0 Å². The van der Waals surface area contributed by atoms with Crippen LogP contribution in [-0.4, -0.2) is 10.2 Å². The quantitative estimate of drug-likeness (QED) is 0.595. The standard InChI is InChI=1S/C6H2F3N3/c7-6(8,9)4-1-5(2-10)12-11-3-4/h1,3H. The van der Waals surface area contributed by atoms with Crippen molar-refractivity contribution in [2.45, 2.75) is 6.18 Å². The predicted molar refractivity (Wildman–Crippen MR) is 31.7 cm³/mol. The summed E-state index contributed by atoms with van der Waals surface area (Å²) in [5, 5.41) is 14.4. The first-order valence-electron chi connectivity index (χ1n) is 2.84. The topological polar surface area (TPSA) is 49.6 Å². The summed E-state index contributed by atoms with van der Waals surface area (Å²) in [5.74, 6) is 0. The van der Waals surface area contributed by atoms with Crippen molar-refractivity contribution in [3.05, 3.63) is 23.5 Å². The minimum absolute atomic E-state index is 0.343. The summed E-state index contributed by atoms with van der Waals surface area (Å²) in [5.41, 5.74) is -1.31. The van der Waals surface area contributed by atoms with E-state index in [1.807, 2.05) is 0 Å². The first-order valence-corrected chi connectivity index (χ1v) is 2.84. The van der Waals surface area contributed by atoms with Gasteiger partial charge in [0.1, 0.15) is 6.07 Å². The number of hydrogen-bond donors (Lipinski definition) is 0. The smallest absolute Gasteiger partial charge is 0.191 e. The van der Waals surface area contributed by atoms with E-state index >= 15 is 0 Å². The summed E-state index contributed by atoms with van der Waals surface area (Å²) in [4.78, 5) is 0. The lowest BCUT2D eigenvalue weighted by atomic mass is 10.2. The van der Waals surface area contributed by atoms with Gasteiger partial charge in [0.15, 0.2) is 5.69 Å². The van der Waals surface area contributed by atoms with Gasteiger partial charge in [-0.2, -0.15) is 23.5 Å². The Hall–Kier alpha value is -1.64. The molecule has 0 bridgehead atoms. The summed E-state index contributed by atoms with van der Waals surface area (Å²) >= 11 is 0. The van der Waals surface area contributed by atoms with Crippen molar-refractivity contribution in [1.82, 2.24) is 10.2 Å². The van der Waals surface area contributed by atoms with Crippen LogP contribution in [0.3, 0.4) is 0 Å². The van der Waals surface area contributed by atoms with Crippen molar-refractivity contribution < 1.29 is 13.2 Å². The Labute approximate surface area is 65.5 Å². The van der Waals surface area contributed by atoms with Gasteiger partial charge in [-0.1, -0.05) is 0 Å². The highest BCUT2D eigenvalue weighted by Crippen LogP contribution is 2.28. The van der Waals surface area contributed by atoms with Gasteiger partial charge in [0.2, 0.25) is 0 Å². The molecule has 1 aromatic heterocycles. The molecule has 0 amide bonds. The van der Waals surface area contributed by atoms with Gasteiger partial charge in [-0.05, 0) is 6.07 Å². The minimum atomic E-state index is -4.47. The summed E-state index contributed by atoms with van der Waals surface area (Å²) in [6, 6.07) is 2.11. The number of hydrogen-bond acceptors (Lipinski definition) is 3. The van der Waals surface area contributed by atoms with Gasteiger partial charge in [-0.15, -0.1) is 5.10 Å². The molecule has 0 aliphatic rings. The average molecular weight is 173 g/mol. The summed E-state index contributed by atoms with van der Waals surface area (Å²) < 4.78 is 35.8. The fraction of sp³-hybridized carbons (Fsp3) is 0.167. The van der Waals surface area contributed by atoms with E-state index in [-0.39, 0.29) is 5.69 Å². The van der Waals surface area contributed by atoms with E-state index in [4.69, 9.17) is 5.26 Å². The van der Waals surface area contributed by atoms with Crippen LogP contribution >= 0.6 is 0 Å². The molecule has 1 heterocycles. The van der Waals surface area contributed by atoms with Gasteiger partial charge in [-0.25, -0.2) is 0 Å². The third kappa shape index (κ3) is 1.69. The molecule has 12 heavy (non-hydrogen) atoms. The van der Waals surface area contributed by atoms with Crippen LogP contribution in [0.4, 0.5) is 13.2 Å². The molecule has 3 nitrogen and oxygen atoms in total. The Balaban J connectivity index is 3.13. The molecule has 0 saturated heterocycles. The van der Waals surface area contributed by atoms with E-state index in [1.165, 1.54) is 6.07 Å². The molecule has 0 aliphatic heterocycles. The first-order chi connectivity index (χ1) is 5.54. The normalized spacial score (nSPS) is 10.8. The molecule has 6 heteroatoms. The Morgan fingerprint density at radius 2 is 2.08 bits per heavy atom. The lowest BCUT2D eigenvalue weighted by molar-refractivity contribution is -0.137. The van der Waals surface area contributed by atoms with Gasteiger partial charge in [0.05, 0.1) is 11.8 Å². The zero-order valence-corrected chi connectivity index (χ0v) is 5.63. The summed E-state index contributed by atoms with van der Waals surface area (Å²) in [6.45, 7) is 0. The highest BCUT2D eigenvalue weighted by Gasteiger charge is 2.31. The minimum Gasteiger partial charge on any atom is -0.191 e. The van der Waals surface area contributed by atoms with Crippen LogP contribution in [0.5, 0.6) is 0 Å². The van der Waals surface area contributed by atoms with Crippen molar-refractivity contribution in [3.8, 4) is 6.07 Å². The van der Waals surface area contributed by atoms with Crippen LogP contribution in [0.25, 0.3) is 0 Å². The van der Waals surface area contributed by atoms with Gasteiger partial charge in [0, 0.05) is 0 Å². The van der Waals surface area contributed by atoms with Crippen molar-refractivity contribution in [2.75, 3.05) is 0 Å². The maximum absolute atomic E-state index is 11.9. The molecule has 0 fully saturated rings. The molecular formula is C6H2F3N3. The van der Waals surface area contributed by atoms with Crippen molar-refractivity contribution >= 4 is 0 Å². The summed E-state index contributed by atoms with van der Waals surface area (Å²) in [7, 11) is 0. The molecule has 0 spiro atoms. The van der Waals surface area contributed by atoms with Crippen LogP contribution in [0.1, 0.15) is 11.3 Å². The fourth-order valence-electron chi connectivity index (χ4n) is 0.576. The van der Waals surface area contributed by atoms with Crippen molar-refractivity contribution in [3.63, 3.8) is 0 Å². The molecular weight excluding hydrogens is 171 g/mol. The number of nitrogens with zero attached hydrogens (tertiary/aromatic N) is 3. The molecule has 0 atom stereocenters. The molecule has 0 aromatic carbocycles. The highest BCUT2D eigenvalue weighted by atomic mass is 19.4. The second kappa shape index (κ2) is 2.77. The SMILES string of the molecule is N#Cc1cc(C(F)(F)F)cnn1. The van der Waals surface area contributed by atoms with Crippen LogP contribution in [0.15, 0.2) is 12.3 Å². The predicted octanol–water partition coefficient (Wildman–Crippen LogP) is 1.37. The molecule has 0 unspecified atom stereocenters. The molecule has 0 aliphatic carbocycles. The van der Waals surface area contributed by atoms with Crippen molar-refractivity contribution in [2.24, 2.45) is 0 Å². The lowest BCUT2D eigenvalue weighted by Crippen LogP contribution is -2.06. The Bertz CT molecular complexity index is 326. The second-order valence-corrected chi connectivity index (χ2v) is 1.94. The largest absolute Gasteiger partial charge is 0.418 e. The average Bonchev–Trinajstić information content (AvgIpc) is 2.03. The monoisotopic (exact) mass is 173 g/mol. The number of rotatable bonds is 0. The van der Waals surface area contributed by atoms with E-state index in [0.717, 1.165) is 0 Å². The molecule has 0 radical (unpaired) electrons. The van der Waals surface area contributed by atoms with Gasteiger partial charge >= 0.3 is 6.18 Å². The molecule has 1 rings (SSSR count). The molecule has 0 saturated carbocycles. The number of halogens is 3. The summed E-state index contributed by atoms with van der Waals surface area (Å²) in [6.07, 6.45) is -3.90. The van der Waals surface area contributed by atoms with Crippen LogP contribution < -0.4 is 0 Å². The number of nitriles is 1. The van der Waals surface area contributed by atoms with Crippen LogP contribution in [0.2, 0.25) is 0 Å². The maximum atomic E-state index is 11.9. The van der Waals surface area contributed by atoms with Crippen molar-refractivity contribution in [1.29, 1.82) is 5.26 Å². The molecule has 1 aromatic rings.